The van der Waals surface area contributed by atoms with Crippen LogP contribution in [0.3, 0.4) is 0 Å². The Kier molecular flexibility index (Phi) is 3.96. The van der Waals surface area contributed by atoms with Gasteiger partial charge in [-0.3, -0.25) is 9.48 Å². The van der Waals surface area contributed by atoms with Crippen LogP contribution < -0.4 is 0 Å². The van der Waals surface area contributed by atoms with Crippen molar-refractivity contribution in [1.82, 2.24) is 30.4 Å². The zero-order chi connectivity index (χ0) is 16.2. The Balaban J connectivity index is 1.73. The van der Waals surface area contributed by atoms with Gasteiger partial charge < -0.3 is 5.11 Å². The van der Waals surface area contributed by atoms with Crippen LogP contribution in [0.4, 0.5) is 0 Å². The molecule has 116 valence electrons. The van der Waals surface area contributed by atoms with Gasteiger partial charge in [0, 0.05) is 12.3 Å². The Labute approximate surface area is 131 Å². The van der Waals surface area contributed by atoms with E-state index in [4.69, 9.17) is 0 Å². The summed E-state index contributed by atoms with van der Waals surface area (Å²) in [6.07, 6.45) is 4.19. The van der Waals surface area contributed by atoms with Gasteiger partial charge in [0.15, 0.2) is 0 Å². The molecule has 2 heterocycles. The molecule has 1 aromatic carbocycles. The highest BCUT2D eigenvalue weighted by Gasteiger charge is 2.11. The molecule has 0 saturated heterocycles. The molecule has 0 aliphatic carbocycles. The highest BCUT2D eigenvalue weighted by molar-refractivity contribution is 6.05. The molecule has 0 amide bonds. The van der Waals surface area contributed by atoms with Gasteiger partial charge >= 0.3 is 0 Å². The van der Waals surface area contributed by atoms with Crippen molar-refractivity contribution in [3.63, 3.8) is 0 Å². The Morgan fingerprint density at radius 3 is 2.83 bits per heavy atom. The first-order chi connectivity index (χ1) is 11.1. The molecule has 3 rings (SSSR count). The lowest BCUT2D eigenvalue weighted by molar-refractivity contribution is 0.103. The minimum Gasteiger partial charge on any atom is -0.507 e. The average molecular weight is 310 g/mol. The Hall–Kier alpha value is -3.29. The number of allylic oxidation sites excluding steroid dienone is 1. The number of carbonyl (C=O) groups is 1. The molecule has 0 bridgehead atoms. The number of hydrogen-bond donors (Lipinski definition) is 2. The van der Waals surface area contributed by atoms with Crippen molar-refractivity contribution in [3.8, 4) is 0 Å². The number of nitrogens with one attached hydrogen (secondary N) is 1. The van der Waals surface area contributed by atoms with Gasteiger partial charge in [-0.1, -0.05) is 29.8 Å². The summed E-state index contributed by atoms with van der Waals surface area (Å²) in [6, 6.07) is 8.10. The van der Waals surface area contributed by atoms with Crippen LogP contribution in [-0.4, -0.2) is 41.3 Å². The first kappa shape index (κ1) is 14.6. The maximum absolute atomic E-state index is 11.8. The van der Waals surface area contributed by atoms with Gasteiger partial charge in [-0.05, 0) is 17.7 Å². The molecule has 2 aromatic heterocycles. The van der Waals surface area contributed by atoms with Gasteiger partial charge in [-0.15, -0.1) is 10.2 Å². The van der Waals surface area contributed by atoms with Crippen molar-refractivity contribution in [2.75, 3.05) is 0 Å². The summed E-state index contributed by atoms with van der Waals surface area (Å²) in [5.41, 5.74) is 2.72. The summed E-state index contributed by atoms with van der Waals surface area (Å²) in [5, 5.41) is 26.8. The quantitative estimate of drug-likeness (QED) is 0.420. The fourth-order valence-corrected chi connectivity index (χ4v) is 2.00. The zero-order valence-electron chi connectivity index (χ0n) is 12.3. The lowest BCUT2D eigenvalue weighted by Gasteiger charge is -2.02. The first-order valence-corrected chi connectivity index (χ1v) is 6.88. The third-order valence-electron chi connectivity index (χ3n) is 3.23. The largest absolute Gasteiger partial charge is 0.507 e. The van der Waals surface area contributed by atoms with Crippen LogP contribution in [0.5, 0.6) is 0 Å². The second-order valence-electron chi connectivity index (χ2n) is 5.04. The summed E-state index contributed by atoms with van der Waals surface area (Å²) in [5.74, 6) is -0.846. The van der Waals surface area contributed by atoms with Crippen molar-refractivity contribution >= 4 is 11.5 Å². The van der Waals surface area contributed by atoms with Gasteiger partial charge in [0.1, 0.15) is 5.76 Å². The number of carbonyl (C=O) groups excluding carboxylic acids is 1. The monoisotopic (exact) mass is 310 g/mol. The van der Waals surface area contributed by atoms with Gasteiger partial charge in [-0.2, -0.15) is 10.3 Å². The lowest BCUT2D eigenvalue weighted by atomic mass is 10.1. The van der Waals surface area contributed by atoms with E-state index in [0.29, 0.717) is 12.1 Å². The van der Waals surface area contributed by atoms with Crippen LogP contribution in [0.15, 0.2) is 42.7 Å². The number of hydrogen-bond acceptors (Lipinski definition) is 6. The molecule has 23 heavy (non-hydrogen) atoms. The number of rotatable bonds is 5. The number of tetrazole rings is 1. The molecule has 0 atom stereocenters. The van der Waals surface area contributed by atoms with Crippen LogP contribution in [-0.2, 0) is 6.54 Å². The second-order valence-corrected chi connectivity index (χ2v) is 5.04. The van der Waals surface area contributed by atoms with E-state index in [-0.39, 0.29) is 11.6 Å². The van der Waals surface area contributed by atoms with Crippen molar-refractivity contribution in [3.05, 3.63) is 65.2 Å². The SMILES string of the molecule is Cc1ccc(Cn2cc(C(O)=CC(=O)c3nn[nH]n3)cn2)cc1. The van der Waals surface area contributed by atoms with Crippen LogP contribution in [0.1, 0.15) is 27.3 Å². The van der Waals surface area contributed by atoms with Gasteiger partial charge in [-0.25, -0.2) is 0 Å². The summed E-state index contributed by atoms with van der Waals surface area (Å²) < 4.78 is 1.68. The number of H-pyrrole nitrogens is 1. The van der Waals surface area contributed by atoms with Crippen molar-refractivity contribution in [1.29, 1.82) is 0 Å². The van der Waals surface area contributed by atoms with Crippen molar-refractivity contribution in [2.45, 2.75) is 13.5 Å². The van der Waals surface area contributed by atoms with E-state index < -0.39 is 5.78 Å². The zero-order valence-corrected chi connectivity index (χ0v) is 12.3. The summed E-state index contributed by atoms with van der Waals surface area (Å²) in [6.45, 7) is 2.60. The first-order valence-electron chi connectivity index (χ1n) is 6.88. The van der Waals surface area contributed by atoms with Crippen molar-refractivity contribution < 1.29 is 9.90 Å². The lowest BCUT2D eigenvalue weighted by Crippen LogP contribution is -2.00. The Morgan fingerprint density at radius 2 is 2.13 bits per heavy atom. The number of aliphatic hydroxyl groups excluding tert-OH is 1. The predicted octanol–water partition coefficient (Wildman–Crippen LogP) is 1.53. The second kappa shape index (κ2) is 6.22. The maximum Gasteiger partial charge on any atom is 0.244 e. The molecular weight excluding hydrogens is 296 g/mol. The standard InChI is InChI=1S/C15H14N6O2/c1-10-2-4-11(5-3-10)8-21-9-12(7-16-21)13(22)6-14(23)15-17-19-20-18-15/h2-7,9,22H,8H2,1H3,(H,17,18,19,20). The molecular formula is C15H14N6O2. The Bertz CT molecular complexity index is 833. The molecule has 0 radical (unpaired) electrons. The van der Waals surface area contributed by atoms with E-state index >= 15 is 0 Å². The fourth-order valence-electron chi connectivity index (χ4n) is 2.00. The summed E-state index contributed by atoms with van der Waals surface area (Å²) in [7, 11) is 0. The predicted molar refractivity (Wildman–Crippen MR) is 81.6 cm³/mol. The molecule has 0 aliphatic heterocycles. The van der Waals surface area contributed by atoms with Crippen LogP contribution in [0, 0.1) is 6.92 Å². The van der Waals surface area contributed by atoms with Gasteiger partial charge in [0.05, 0.1) is 18.3 Å². The number of ketones is 1. The number of nitrogens with zero attached hydrogens (tertiary/aromatic N) is 5. The van der Waals surface area contributed by atoms with Crippen molar-refractivity contribution in [2.24, 2.45) is 0 Å². The number of aliphatic hydroxyl groups is 1. The molecule has 0 unspecified atom stereocenters. The molecule has 0 saturated carbocycles. The average Bonchev–Trinajstić information content (AvgIpc) is 3.21. The summed E-state index contributed by atoms with van der Waals surface area (Å²) in [4.78, 5) is 11.8. The normalized spacial score (nSPS) is 11.6. The highest BCUT2D eigenvalue weighted by atomic mass is 16.3. The van der Waals surface area contributed by atoms with E-state index in [0.717, 1.165) is 11.6 Å². The molecule has 0 aliphatic rings. The molecule has 3 aromatic rings. The summed E-state index contributed by atoms with van der Waals surface area (Å²) >= 11 is 0. The molecule has 8 heteroatoms. The van der Waals surface area contributed by atoms with E-state index in [1.807, 2.05) is 31.2 Å². The smallest absolute Gasteiger partial charge is 0.244 e. The van der Waals surface area contributed by atoms with E-state index in [1.54, 1.807) is 10.9 Å². The topological polar surface area (TPSA) is 110 Å². The number of benzene rings is 1. The van der Waals surface area contributed by atoms with Gasteiger partial charge in [0.25, 0.3) is 0 Å². The van der Waals surface area contributed by atoms with E-state index in [2.05, 4.69) is 25.7 Å². The molecule has 2 N–H and O–H groups in total. The van der Waals surface area contributed by atoms with Crippen LogP contribution >= 0.6 is 0 Å². The molecule has 0 spiro atoms. The highest BCUT2D eigenvalue weighted by Crippen LogP contribution is 2.12. The third-order valence-corrected chi connectivity index (χ3v) is 3.23. The molecule has 0 fully saturated rings. The van der Waals surface area contributed by atoms with Gasteiger partial charge in [0.2, 0.25) is 11.6 Å². The maximum atomic E-state index is 11.8. The van der Waals surface area contributed by atoms with Crippen LogP contribution in [0.2, 0.25) is 0 Å². The minimum absolute atomic E-state index is 0.108. The van der Waals surface area contributed by atoms with E-state index in [1.165, 1.54) is 11.8 Å². The third kappa shape index (κ3) is 3.49. The number of aryl methyl sites for hydroxylation is 1. The Morgan fingerprint density at radius 1 is 1.35 bits per heavy atom. The number of aromatic amines is 1. The fraction of sp³-hybridized carbons (Fsp3) is 0.133. The van der Waals surface area contributed by atoms with Crippen LogP contribution in [0.25, 0.3) is 5.76 Å². The molecule has 8 nitrogen and oxygen atoms in total. The minimum atomic E-state index is -0.539. The van der Waals surface area contributed by atoms with E-state index in [9.17, 15) is 9.90 Å². The number of aromatic nitrogens is 6.